The van der Waals surface area contributed by atoms with Gasteiger partial charge in [0.25, 0.3) is 0 Å². The highest BCUT2D eigenvalue weighted by Gasteiger charge is 2.36. The van der Waals surface area contributed by atoms with E-state index in [1.165, 1.54) is 5.56 Å². The molecule has 0 aromatic heterocycles. The Morgan fingerprint density at radius 3 is 2.41 bits per heavy atom. The number of hydrogen-bond donors (Lipinski definition) is 1. The number of carbonyl (C=O) groups is 1. The Morgan fingerprint density at radius 1 is 1.26 bits per heavy atom. The molecule has 1 aliphatic heterocycles. The van der Waals surface area contributed by atoms with Crippen molar-refractivity contribution >= 4 is 5.97 Å². The van der Waals surface area contributed by atoms with E-state index < -0.39 is 11.9 Å². The first kappa shape index (κ1) is 20.5. The summed E-state index contributed by atoms with van der Waals surface area (Å²) in [6.07, 6.45) is 0. The number of esters is 1. The minimum Gasteiger partial charge on any atom is -0.463 e. The van der Waals surface area contributed by atoms with Crippen molar-refractivity contribution in [3.63, 3.8) is 0 Å². The molecule has 0 saturated carbocycles. The Balaban J connectivity index is 2.42. The summed E-state index contributed by atoms with van der Waals surface area (Å²) in [5.41, 5.74) is 8.44. The SMILES string of the molecule is CCOC(=O)C1=C(C)OC(N)=C(C#N)C1c1ccc(CN(CC)CC)cc1. The van der Waals surface area contributed by atoms with Crippen LogP contribution in [0.5, 0.6) is 0 Å². The van der Waals surface area contributed by atoms with E-state index >= 15 is 0 Å². The summed E-state index contributed by atoms with van der Waals surface area (Å²) in [4.78, 5) is 14.8. The maximum absolute atomic E-state index is 12.5. The summed E-state index contributed by atoms with van der Waals surface area (Å²) in [6, 6.07) is 10.0. The quantitative estimate of drug-likeness (QED) is 0.743. The molecule has 2 rings (SSSR count). The molecule has 1 aromatic rings. The highest BCUT2D eigenvalue weighted by Crippen LogP contribution is 2.39. The number of allylic oxidation sites excluding steroid dienone is 2. The monoisotopic (exact) mass is 369 g/mol. The summed E-state index contributed by atoms with van der Waals surface area (Å²) < 4.78 is 10.6. The molecule has 0 saturated heterocycles. The fourth-order valence-corrected chi connectivity index (χ4v) is 3.21. The van der Waals surface area contributed by atoms with Gasteiger partial charge in [-0.15, -0.1) is 0 Å². The van der Waals surface area contributed by atoms with Crippen LogP contribution in [0.1, 0.15) is 44.7 Å². The van der Waals surface area contributed by atoms with Crippen molar-refractivity contribution < 1.29 is 14.3 Å². The van der Waals surface area contributed by atoms with Gasteiger partial charge in [0.05, 0.1) is 18.1 Å². The van der Waals surface area contributed by atoms with Crippen molar-refractivity contribution in [2.45, 2.75) is 40.2 Å². The zero-order chi connectivity index (χ0) is 20.0. The predicted octanol–water partition coefficient (Wildman–Crippen LogP) is 3.17. The lowest BCUT2D eigenvalue weighted by atomic mass is 9.83. The molecule has 1 heterocycles. The van der Waals surface area contributed by atoms with E-state index in [2.05, 4.69) is 24.8 Å². The maximum Gasteiger partial charge on any atom is 0.338 e. The van der Waals surface area contributed by atoms with Crippen LogP contribution in [0.15, 0.2) is 47.1 Å². The van der Waals surface area contributed by atoms with Gasteiger partial charge in [-0.2, -0.15) is 5.26 Å². The summed E-state index contributed by atoms with van der Waals surface area (Å²) in [5.74, 6) is -0.694. The van der Waals surface area contributed by atoms with Gasteiger partial charge < -0.3 is 15.2 Å². The average molecular weight is 369 g/mol. The van der Waals surface area contributed by atoms with Crippen LogP contribution < -0.4 is 5.73 Å². The maximum atomic E-state index is 12.5. The average Bonchev–Trinajstić information content (AvgIpc) is 2.66. The molecule has 1 aromatic carbocycles. The number of nitriles is 1. The Hall–Kier alpha value is -2.78. The van der Waals surface area contributed by atoms with Crippen molar-refractivity contribution in [1.29, 1.82) is 5.26 Å². The first-order valence-corrected chi connectivity index (χ1v) is 9.23. The number of ether oxygens (including phenoxy) is 2. The Morgan fingerprint density at radius 2 is 1.89 bits per heavy atom. The molecule has 27 heavy (non-hydrogen) atoms. The molecule has 0 bridgehead atoms. The molecule has 0 amide bonds. The van der Waals surface area contributed by atoms with Gasteiger partial charge in [0, 0.05) is 6.54 Å². The zero-order valence-electron chi connectivity index (χ0n) is 16.4. The van der Waals surface area contributed by atoms with Gasteiger partial charge in [-0.3, -0.25) is 4.90 Å². The molecule has 0 fully saturated rings. The van der Waals surface area contributed by atoms with Crippen LogP contribution in [0.25, 0.3) is 0 Å². The molecule has 6 nitrogen and oxygen atoms in total. The second kappa shape index (κ2) is 9.24. The van der Waals surface area contributed by atoms with Gasteiger partial charge in [-0.05, 0) is 38.1 Å². The van der Waals surface area contributed by atoms with Gasteiger partial charge >= 0.3 is 5.97 Å². The highest BCUT2D eigenvalue weighted by atomic mass is 16.5. The van der Waals surface area contributed by atoms with Gasteiger partial charge in [0.1, 0.15) is 17.4 Å². The van der Waals surface area contributed by atoms with E-state index in [1.807, 2.05) is 24.3 Å². The molecule has 1 atom stereocenters. The molecule has 2 N–H and O–H groups in total. The summed E-state index contributed by atoms with van der Waals surface area (Å²) >= 11 is 0. The van der Waals surface area contributed by atoms with Crippen molar-refractivity contribution in [1.82, 2.24) is 4.90 Å². The van der Waals surface area contributed by atoms with Gasteiger partial charge in [0.15, 0.2) is 0 Å². The van der Waals surface area contributed by atoms with Gasteiger partial charge in [0.2, 0.25) is 5.88 Å². The highest BCUT2D eigenvalue weighted by molar-refractivity contribution is 5.92. The van der Waals surface area contributed by atoms with Crippen LogP contribution in [0, 0.1) is 11.3 Å². The molecule has 144 valence electrons. The van der Waals surface area contributed by atoms with E-state index in [0.29, 0.717) is 11.3 Å². The zero-order valence-corrected chi connectivity index (χ0v) is 16.4. The summed E-state index contributed by atoms with van der Waals surface area (Å²) in [5, 5.41) is 9.60. The first-order chi connectivity index (χ1) is 13.0. The van der Waals surface area contributed by atoms with Crippen LogP contribution in [0.4, 0.5) is 0 Å². The van der Waals surface area contributed by atoms with E-state index in [9.17, 15) is 10.1 Å². The topological polar surface area (TPSA) is 88.6 Å². The van der Waals surface area contributed by atoms with Gasteiger partial charge in [-0.25, -0.2) is 4.79 Å². The van der Waals surface area contributed by atoms with Crippen LogP contribution in [0.3, 0.4) is 0 Å². The fraction of sp³-hybridized carbons (Fsp3) is 0.429. The number of benzene rings is 1. The molecule has 0 radical (unpaired) electrons. The molecule has 1 aliphatic rings. The molecule has 1 unspecified atom stereocenters. The molecule has 6 heteroatoms. The van der Waals surface area contributed by atoms with Crippen LogP contribution >= 0.6 is 0 Å². The molecule has 0 aliphatic carbocycles. The third kappa shape index (κ3) is 4.50. The smallest absolute Gasteiger partial charge is 0.338 e. The fourth-order valence-electron chi connectivity index (χ4n) is 3.21. The minimum atomic E-state index is -0.592. The van der Waals surface area contributed by atoms with Crippen LogP contribution in [0.2, 0.25) is 0 Å². The van der Waals surface area contributed by atoms with Crippen molar-refractivity contribution in [3.8, 4) is 6.07 Å². The Labute approximate surface area is 160 Å². The van der Waals surface area contributed by atoms with Crippen molar-refractivity contribution in [3.05, 3.63) is 58.2 Å². The lowest BCUT2D eigenvalue weighted by Crippen LogP contribution is -2.25. The second-order valence-electron chi connectivity index (χ2n) is 6.32. The van der Waals surface area contributed by atoms with E-state index in [4.69, 9.17) is 15.2 Å². The number of nitrogens with two attached hydrogens (primary N) is 1. The largest absolute Gasteiger partial charge is 0.463 e. The van der Waals surface area contributed by atoms with Crippen LogP contribution in [-0.4, -0.2) is 30.6 Å². The van der Waals surface area contributed by atoms with Crippen molar-refractivity contribution in [2.24, 2.45) is 5.73 Å². The molecular formula is C21H27N3O3. The molecular weight excluding hydrogens is 342 g/mol. The lowest BCUT2D eigenvalue weighted by Gasteiger charge is -2.27. The number of nitrogens with zero attached hydrogens (tertiary/aromatic N) is 2. The summed E-state index contributed by atoms with van der Waals surface area (Å²) in [7, 11) is 0. The standard InChI is InChI=1S/C21H27N3O3/c1-5-24(6-2)13-15-8-10-16(11-9-15)19-17(12-22)20(23)27-14(4)18(19)21(25)26-7-3/h8-11,19H,5-7,13,23H2,1-4H3. The van der Waals surface area contributed by atoms with Crippen LogP contribution in [-0.2, 0) is 20.8 Å². The Kier molecular flexibility index (Phi) is 7.03. The minimum absolute atomic E-state index is 0.0280. The van der Waals surface area contributed by atoms with Crippen molar-refractivity contribution in [2.75, 3.05) is 19.7 Å². The molecule has 0 spiro atoms. The Bertz CT molecular complexity index is 784. The van der Waals surface area contributed by atoms with E-state index in [1.54, 1.807) is 13.8 Å². The normalized spacial score (nSPS) is 17.0. The predicted molar refractivity (Wildman–Crippen MR) is 103 cm³/mol. The van der Waals surface area contributed by atoms with E-state index in [0.717, 1.165) is 25.2 Å². The third-order valence-corrected chi connectivity index (χ3v) is 4.71. The second-order valence-corrected chi connectivity index (χ2v) is 6.32. The lowest BCUT2D eigenvalue weighted by molar-refractivity contribution is -0.139. The number of hydrogen-bond acceptors (Lipinski definition) is 6. The van der Waals surface area contributed by atoms with Gasteiger partial charge in [-0.1, -0.05) is 38.1 Å². The first-order valence-electron chi connectivity index (χ1n) is 9.23. The summed E-state index contributed by atoms with van der Waals surface area (Å²) in [6.45, 7) is 10.7. The van der Waals surface area contributed by atoms with E-state index in [-0.39, 0.29) is 18.1 Å². The third-order valence-electron chi connectivity index (χ3n) is 4.71. The number of carbonyl (C=O) groups excluding carboxylic acids is 1. The number of rotatable bonds is 7.